The molecular weight excluding hydrogens is 294 g/mol. The number of Topliss-reactive ketones (excluding diaryl/α,β-unsaturated/α-hetero) is 1. The van der Waals surface area contributed by atoms with Gasteiger partial charge in [0.15, 0.2) is 0 Å². The lowest BCUT2D eigenvalue weighted by molar-refractivity contribution is -0.123. The van der Waals surface area contributed by atoms with Gasteiger partial charge >= 0.3 is 0 Å². The van der Waals surface area contributed by atoms with E-state index < -0.39 is 0 Å². The van der Waals surface area contributed by atoms with E-state index in [1.807, 2.05) is 0 Å². The van der Waals surface area contributed by atoms with Gasteiger partial charge in [0.05, 0.1) is 0 Å². The van der Waals surface area contributed by atoms with E-state index in [1.54, 1.807) is 0 Å². The first kappa shape index (κ1) is 15.6. The topological polar surface area (TPSA) is 20.3 Å². The number of benzene rings is 2. The summed E-state index contributed by atoms with van der Waals surface area (Å²) >= 11 is 0. The molecule has 2 fully saturated rings. The number of rotatable bonds is 3. The molecule has 3 atom stereocenters. The molecule has 2 nitrogen and oxygen atoms in total. The van der Waals surface area contributed by atoms with Crippen molar-refractivity contribution < 1.29 is 4.79 Å². The highest BCUT2D eigenvalue weighted by Crippen LogP contribution is 2.42. The second-order valence-corrected chi connectivity index (χ2v) is 7.24. The van der Waals surface area contributed by atoms with E-state index in [0.29, 0.717) is 17.7 Å². The number of hydrogen-bond acceptors (Lipinski definition) is 2. The third kappa shape index (κ3) is 3.03. The summed E-state index contributed by atoms with van der Waals surface area (Å²) in [5.41, 5.74) is 2.68. The molecule has 4 rings (SSSR count). The molecule has 1 aliphatic heterocycles. The summed E-state index contributed by atoms with van der Waals surface area (Å²) in [6, 6.07) is 21.8. The lowest BCUT2D eigenvalue weighted by Gasteiger charge is -2.26. The van der Waals surface area contributed by atoms with E-state index in [9.17, 15) is 4.79 Å². The third-order valence-electron chi connectivity index (χ3n) is 5.75. The van der Waals surface area contributed by atoms with E-state index in [2.05, 4.69) is 65.6 Å². The fraction of sp³-hybridized carbons (Fsp3) is 0.409. The molecule has 2 aromatic rings. The molecule has 0 unspecified atom stereocenters. The van der Waals surface area contributed by atoms with Gasteiger partial charge in [0, 0.05) is 37.4 Å². The zero-order valence-corrected chi connectivity index (χ0v) is 14.1. The molecule has 2 aromatic carbocycles. The van der Waals surface area contributed by atoms with Crippen LogP contribution in [-0.4, -0.2) is 23.3 Å². The number of likely N-dealkylation sites (tertiary alicyclic amines) is 1. The lowest BCUT2D eigenvalue weighted by Crippen LogP contribution is -2.34. The molecule has 1 aliphatic carbocycles. The number of hydrogen-bond donors (Lipinski definition) is 0. The number of carbonyl (C=O) groups is 1. The Morgan fingerprint density at radius 3 is 2.38 bits per heavy atom. The average Bonchev–Trinajstić information content (AvgIpc) is 2.87. The Kier molecular flexibility index (Phi) is 4.48. The van der Waals surface area contributed by atoms with Gasteiger partial charge in [-0.1, -0.05) is 67.1 Å². The van der Waals surface area contributed by atoms with Crippen LogP contribution in [0.4, 0.5) is 0 Å². The van der Waals surface area contributed by atoms with E-state index >= 15 is 0 Å². The van der Waals surface area contributed by atoms with Crippen LogP contribution in [0.1, 0.15) is 42.7 Å². The highest BCUT2D eigenvalue weighted by Gasteiger charge is 2.46. The summed E-state index contributed by atoms with van der Waals surface area (Å²) in [6.45, 7) is 1.96. The Labute approximate surface area is 144 Å². The van der Waals surface area contributed by atoms with Gasteiger partial charge in [-0.3, -0.25) is 9.69 Å². The normalized spacial score (nSPS) is 27.7. The highest BCUT2D eigenvalue weighted by molar-refractivity contribution is 5.83. The minimum absolute atomic E-state index is 0.179. The van der Waals surface area contributed by atoms with E-state index in [4.69, 9.17) is 0 Å². The summed E-state index contributed by atoms with van der Waals surface area (Å²) in [5, 5.41) is 0. The van der Waals surface area contributed by atoms with E-state index in [-0.39, 0.29) is 5.92 Å². The minimum atomic E-state index is 0.179. The Hall–Kier alpha value is -1.93. The smallest absolute Gasteiger partial charge is 0.138 e. The zero-order valence-electron chi connectivity index (χ0n) is 14.1. The van der Waals surface area contributed by atoms with Gasteiger partial charge < -0.3 is 0 Å². The fourth-order valence-electron chi connectivity index (χ4n) is 4.63. The Morgan fingerprint density at radius 2 is 1.62 bits per heavy atom. The summed E-state index contributed by atoms with van der Waals surface area (Å²) in [5.74, 6) is 1.02. The molecule has 24 heavy (non-hydrogen) atoms. The van der Waals surface area contributed by atoms with Crippen LogP contribution in [0.15, 0.2) is 60.7 Å². The quantitative estimate of drug-likeness (QED) is 0.835. The summed E-state index contributed by atoms with van der Waals surface area (Å²) < 4.78 is 0. The maximum atomic E-state index is 12.9. The van der Waals surface area contributed by atoms with Crippen LogP contribution >= 0.6 is 0 Å². The van der Waals surface area contributed by atoms with E-state index in [1.165, 1.54) is 17.5 Å². The SMILES string of the molecule is O=C1CCCC[C@H]2[C@@H]1[C@H](c1ccccc1)CN2Cc1ccccc1. The van der Waals surface area contributed by atoms with Gasteiger partial charge in [-0.05, 0) is 24.0 Å². The summed E-state index contributed by atoms with van der Waals surface area (Å²) in [6.07, 6.45) is 4.17. The lowest BCUT2D eigenvalue weighted by atomic mass is 9.82. The van der Waals surface area contributed by atoms with Crippen molar-refractivity contribution in [2.75, 3.05) is 6.54 Å². The molecule has 0 aromatic heterocycles. The molecule has 124 valence electrons. The van der Waals surface area contributed by atoms with Crippen molar-refractivity contribution in [3.63, 3.8) is 0 Å². The van der Waals surface area contributed by atoms with Crippen molar-refractivity contribution in [3.05, 3.63) is 71.8 Å². The van der Waals surface area contributed by atoms with Crippen LogP contribution in [0.5, 0.6) is 0 Å². The predicted molar refractivity (Wildman–Crippen MR) is 96.8 cm³/mol. The molecule has 1 heterocycles. The Balaban J connectivity index is 1.64. The average molecular weight is 319 g/mol. The summed E-state index contributed by atoms with van der Waals surface area (Å²) in [7, 11) is 0. The molecule has 0 bridgehead atoms. The van der Waals surface area contributed by atoms with Crippen molar-refractivity contribution in [1.29, 1.82) is 0 Å². The molecule has 0 amide bonds. The van der Waals surface area contributed by atoms with Gasteiger partial charge in [-0.15, -0.1) is 0 Å². The molecule has 0 spiro atoms. The maximum Gasteiger partial charge on any atom is 0.138 e. The van der Waals surface area contributed by atoms with Crippen molar-refractivity contribution in [3.8, 4) is 0 Å². The first-order valence-corrected chi connectivity index (χ1v) is 9.18. The van der Waals surface area contributed by atoms with Gasteiger partial charge in [-0.25, -0.2) is 0 Å². The number of ketones is 1. The van der Waals surface area contributed by atoms with Crippen LogP contribution in [0.2, 0.25) is 0 Å². The largest absolute Gasteiger partial charge is 0.299 e. The third-order valence-corrected chi connectivity index (χ3v) is 5.75. The maximum absolute atomic E-state index is 12.9. The fourth-order valence-corrected chi connectivity index (χ4v) is 4.63. The van der Waals surface area contributed by atoms with Crippen LogP contribution in [0.25, 0.3) is 0 Å². The second kappa shape index (κ2) is 6.90. The van der Waals surface area contributed by atoms with Gasteiger partial charge in [0.25, 0.3) is 0 Å². The molecule has 1 saturated heterocycles. The second-order valence-electron chi connectivity index (χ2n) is 7.24. The van der Waals surface area contributed by atoms with Crippen LogP contribution in [0, 0.1) is 5.92 Å². The minimum Gasteiger partial charge on any atom is -0.299 e. The van der Waals surface area contributed by atoms with Crippen LogP contribution in [-0.2, 0) is 11.3 Å². The van der Waals surface area contributed by atoms with Gasteiger partial charge in [0.2, 0.25) is 0 Å². The zero-order chi connectivity index (χ0) is 16.4. The number of nitrogens with zero attached hydrogens (tertiary/aromatic N) is 1. The summed E-state index contributed by atoms with van der Waals surface area (Å²) in [4.78, 5) is 15.4. The molecule has 0 N–H and O–H groups in total. The highest BCUT2D eigenvalue weighted by atomic mass is 16.1. The van der Waals surface area contributed by atoms with Gasteiger partial charge in [0.1, 0.15) is 5.78 Å². The monoisotopic (exact) mass is 319 g/mol. The Bertz CT molecular complexity index is 682. The molecule has 0 radical (unpaired) electrons. The van der Waals surface area contributed by atoms with Crippen LogP contribution < -0.4 is 0 Å². The first-order chi connectivity index (χ1) is 11.8. The van der Waals surface area contributed by atoms with Crippen molar-refractivity contribution in [1.82, 2.24) is 4.90 Å². The standard InChI is InChI=1S/C22H25NO/c24-21-14-8-7-13-20-22(21)19(18-11-5-2-6-12-18)16-23(20)15-17-9-3-1-4-10-17/h1-6,9-12,19-20,22H,7-8,13-16H2/t19-,20-,22-/m0/s1. The van der Waals surface area contributed by atoms with Gasteiger partial charge in [-0.2, -0.15) is 0 Å². The molecule has 1 saturated carbocycles. The van der Waals surface area contributed by atoms with Crippen molar-refractivity contribution >= 4 is 5.78 Å². The molecule has 2 heteroatoms. The van der Waals surface area contributed by atoms with Crippen molar-refractivity contribution in [2.45, 2.75) is 44.2 Å². The van der Waals surface area contributed by atoms with Crippen molar-refractivity contribution in [2.24, 2.45) is 5.92 Å². The van der Waals surface area contributed by atoms with E-state index in [0.717, 1.165) is 32.4 Å². The Morgan fingerprint density at radius 1 is 0.917 bits per heavy atom. The number of carbonyl (C=O) groups excluding carboxylic acids is 1. The number of fused-ring (bicyclic) bond motifs is 1. The molecule has 2 aliphatic rings. The molecular formula is C22H25NO. The van der Waals surface area contributed by atoms with Crippen LogP contribution in [0.3, 0.4) is 0 Å². The predicted octanol–water partition coefficient (Wildman–Crippen LogP) is 4.41. The first-order valence-electron chi connectivity index (χ1n) is 9.18.